The first-order chi connectivity index (χ1) is 7.81. The largest absolute Gasteiger partial charge is 0.330 e. The van der Waals surface area contributed by atoms with Gasteiger partial charge in [-0.2, -0.15) is 5.10 Å². The van der Waals surface area contributed by atoms with Gasteiger partial charge in [-0.15, -0.1) is 12.4 Å². The second-order valence-corrected chi connectivity index (χ2v) is 5.47. The van der Waals surface area contributed by atoms with Crippen LogP contribution >= 0.6 is 12.4 Å². The molecule has 18 heavy (non-hydrogen) atoms. The van der Waals surface area contributed by atoms with E-state index in [4.69, 9.17) is 5.73 Å². The van der Waals surface area contributed by atoms with Gasteiger partial charge in [-0.25, -0.2) is 0 Å². The minimum absolute atomic E-state index is 0. The van der Waals surface area contributed by atoms with Gasteiger partial charge in [-0.3, -0.25) is 9.48 Å². The van der Waals surface area contributed by atoms with E-state index in [2.05, 4.69) is 31.2 Å². The van der Waals surface area contributed by atoms with Gasteiger partial charge >= 0.3 is 0 Å². The Hall–Kier alpha value is -1.07. The molecule has 5 nitrogen and oxygen atoms in total. The molecule has 0 saturated heterocycles. The summed E-state index contributed by atoms with van der Waals surface area (Å²) >= 11 is 0. The van der Waals surface area contributed by atoms with Gasteiger partial charge in [0.05, 0.1) is 5.69 Å². The lowest BCUT2D eigenvalue weighted by atomic mass is 9.91. The Morgan fingerprint density at radius 1 is 1.50 bits per heavy atom. The van der Waals surface area contributed by atoms with Crippen LogP contribution in [0, 0.1) is 5.41 Å². The maximum absolute atomic E-state index is 11.4. The van der Waals surface area contributed by atoms with Gasteiger partial charge in [-0.1, -0.05) is 20.8 Å². The van der Waals surface area contributed by atoms with Crippen LogP contribution in [0.1, 0.15) is 32.9 Å². The second kappa shape index (κ2) is 6.75. The van der Waals surface area contributed by atoms with Crippen LogP contribution in [0.2, 0.25) is 0 Å². The smallest absolute Gasteiger partial charge is 0.226 e. The molecule has 0 bridgehead atoms. The number of amides is 1. The molecule has 0 radical (unpaired) electrons. The number of hydrogen-bond acceptors (Lipinski definition) is 3. The van der Waals surface area contributed by atoms with E-state index in [1.54, 1.807) is 4.68 Å². The maximum Gasteiger partial charge on any atom is 0.226 e. The van der Waals surface area contributed by atoms with Crippen LogP contribution in [0.4, 0.5) is 5.82 Å². The highest BCUT2D eigenvalue weighted by Gasteiger charge is 2.15. The summed E-state index contributed by atoms with van der Waals surface area (Å²) in [4.78, 5) is 11.4. The zero-order chi connectivity index (χ0) is 13.1. The number of aromatic nitrogens is 2. The van der Waals surface area contributed by atoms with Gasteiger partial charge in [0, 0.05) is 26.1 Å². The molecule has 0 spiro atoms. The van der Waals surface area contributed by atoms with E-state index in [-0.39, 0.29) is 23.7 Å². The second-order valence-electron chi connectivity index (χ2n) is 5.47. The Morgan fingerprint density at radius 3 is 2.61 bits per heavy atom. The lowest BCUT2D eigenvalue weighted by molar-refractivity contribution is -0.116. The molecule has 1 aromatic heterocycles. The summed E-state index contributed by atoms with van der Waals surface area (Å²) < 4.78 is 1.69. The molecule has 1 heterocycles. The number of halogens is 1. The third-order valence-corrected chi connectivity index (χ3v) is 2.28. The Bertz CT molecular complexity index is 395. The number of rotatable bonds is 4. The third kappa shape index (κ3) is 5.51. The summed E-state index contributed by atoms with van der Waals surface area (Å²) in [5.74, 6) is 0.653. The van der Waals surface area contributed by atoms with Gasteiger partial charge in [0.2, 0.25) is 5.91 Å². The zero-order valence-electron chi connectivity index (χ0n) is 11.5. The molecule has 3 N–H and O–H groups in total. The van der Waals surface area contributed by atoms with Crippen molar-refractivity contribution in [2.24, 2.45) is 18.2 Å². The van der Waals surface area contributed by atoms with Crippen LogP contribution < -0.4 is 11.1 Å². The highest BCUT2D eigenvalue weighted by molar-refractivity contribution is 5.90. The Balaban J connectivity index is 0.00000289. The van der Waals surface area contributed by atoms with Crippen LogP contribution in [-0.4, -0.2) is 22.2 Å². The van der Waals surface area contributed by atoms with Crippen LogP contribution in [-0.2, 0) is 18.3 Å². The normalized spacial score (nSPS) is 10.9. The highest BCUT2D eigenvalue weighted by Crippen LogP contribution is 2.21. The molecule has 1 amide bonds. The van der Waals surface area contributed by atoms with E-state index >= 15 is 0 Å². The Morgan fingerprint density at radius 2 is 2.11 bits per heavy atom. The fourth-order valence-electron chi connectivity index (χ4n) is 1.61. The molecule has 0 aliphatic heterocycles. The van der Waals surface area contributed by atoms with Crippen molar-refractivity contribution in [3.8, 4) is 0 Å². The predicted molar refractivity (Wildman–Crippen MR) is 75.9 cm³/mol. The minimum Gasteiger partial charge on any atom is -0.330 e. The zero-order valence-corrected chi connectivity index (χ0v) is 12.3. The summed E-state index contributed by atoms with van der Waals surface area (Å²) in [6.45, 7) is 6.84. The van der Waals surface area contributed by atoms with Crippen LogP contribution in [0.25, 0.3) is 0 Å². The van der Waals surface area contributed by atoms with E-state index in [1.165, 1.54) is 0 Å². The van der Waals surface area contributed by atoms with E-state index in [0.29, 0.717) is 13.0 Å². The first-order valence-corrected chi connectivity index (χ1v) is 5.84. The number of carbonyl (C=O) groups excluding carboxylic acids is 1. The van der Waals surface area contributed by atoms with Gasteiger partial charge in [-0.05, 0) is 11.8 Å². The van der Waals surface area contributed by atoms with Crippen molar-refractivity contribution in [1.29, 1.82) is 0 Å². The van der Waals surface area contributed by atoms with Crippen molar-refractivity contribution in [2.45, 2.75) is 33.6 Å². The summed E-state index contributed by atoms with van der Waals surface area (Å²) in [5, 5.41) is 7.18. The first-order valence-electron chi connectivity index (χ1n) is 5.84. The molecule has 1 rings (SSSR count). The number of nitrogens with two attached hydrogens (primary N) is 1. The lowest BCUT2D eigenvalue weighted by Gasteiger charge is -2.15. The number of nitrogens with one attached hydrogen (secondary N) is 1. The first kappa shape index (κ1) is 16.9. The molecule has 0 unspecified atom stereocenters. The quantitative estimate of drug-likeness (QED) is 0.878. The van der Waals surface area contributed by atoms with Gasteiger partial charge in [0.1, 0.15) is 5.82 Å². The van der Waals surface area contributed by atoms with E-state index in [1.807, 2.05) is 13.1 Å². The van der Waals surface area contributed by atoms with Crippen molar-refractivity contribution >= 4 is 24.1 Å². The van der Waals surface area contributed by atoms with Gasteiger partial charge < -0.3 is 11.1 Å². The Labute approximate surface area is 115 Å². The van der Waals surface area contributed by atoms with Crippen LogP contribution in [0.15, 0.2) is 6.07 Å². The van der Waals surface area contributed by atoms with Crippen molar-refractivity contribution < 1.29 is 4.79 Å². The maximum atomic E-state index is 11.4. The molecule has 104 valence electrons. The monoisotopic (exact) mass is 274 g/mol. The van der Waals surface area contributed by atoms with Crippen LogP contribution in [0.3, 0.4) is 0 Å². The summed E-state index contributed by atoms with van der Waals surface area (Å²) in [6, 6.07) is 1.92. The lowest BCUT2D eigenvalue weighted by Crippen LogP contribution is -2.17. The molecule has 0 aliphatic carbocycles. The number of hydrogen-bond donors (Lipinski definition) is 2. The molecule has 6 heteroatoms. The van der Waals surface area contributed by atoms with Gasteiger partial charge in [0.25, 0.3) is 0 Å². The molecular weight excluding hydrogens is 252 g/mol. The van der Waals surface area contributed by atoms with Crippen molar-refractivity contribution in [3.05, 3.63) is 11.8 Å². The van der Waals surface area contributed by atoms with Gasteiger partial charge in [0.15, 0.2) is 0 Å². The molecule has 0 atom stereocenters. The predicted octanol–water partition coefficient (Wildman–Crippen LogP) is 1.72. The fourth-order valence-corrected chi connectivity index (χ4v) is 1.61. The van der Waals surface area contributed by atoms with Crippen LogP contribution in [0.5, 0.6) is 0 Å². The topological polar surface area (TPSA) is 72.9 Å². The van der Waals surface area contributed by atoms with E-state index < -0.39 is 0 Å². The number of aryl methyl sites for hydroxylation is 1. The molecule has 1 aromatic rings. The third-order valence-electron chi connectivity index (χ3n) is 2.28. The van der Waals surface area contributed by atoms with Crippen molar-refractivity contribution in [1.82, 2.24) is 9.78 Å². The molecule has 0 fully saturated rings. The standard InChI is InChI=1S/C12H22N4O.ClH/c1-12(2,3)8-9-7-10(16(4)15-9)14-11(17)5-6-13;/h7H,5-6,8,13H2,1-4H3,(H,14,17);1H. The molecule has 0 aliphatic rings. The minimum atomic E-state index is -0.0715. The van der Waals surface area contributed by atoms with Crippen molar-refractivity contribution in [2.75, 3.05) is 11.9 Å². The summed E-state index contributed by atoms with van der Waals surface area (Å²) in [7, 11) is 1.82. The number of anilines is 1. The Kier molecular flexibility index (Phi) is 6.35. The average Bonchev–Trinajstić information content (AvgIpc) is 2.43. The average molecular weight is 275 g/mol. The summed E-state index contributed by atoms with van der Waals surface area (Å²) in [5.41, 5.74) is 6.50. The SMILES string of the molecule is Cl.Cn1nc(CC(C)(C)C)cc1NC(=O)CCN. The highest BCUT2D eigenvalue weighted by atomic mass is 35.5. The fraction of sp³-hybridized carbons (Fsp3) is 0.667. The number of nitrogens with zero attached hydrogens (tertiary/aromatic N) is 2. The number of carbonyl (C=O) groups is 1. The molecule has 0 aromatic carbocycles. The molecular formula is C12H23ClN4O. The van der Waals surface area contributed by atoms with E-state index in [9.17, 15) is 4.79 Å². The van der Waals surface area contributed by atoms with Crippen molar-refractivity contribution in [3.63, 3.8) is 0 Å². The molecule has 0 saturated carbocycles. The van der Waals surface area contributed by atoms with E-state index in [0.717, 1.165) is 17.9 Å². The summed E-state index contributed by atoms with van der Waals surface area (Å²) in [6.07, 6.45) is 1.22.